The summed E-state index contributed by atoms with van der Waals surface area (Å²) in [5.74, 6) is 0. The van der Waals surface area contributed by atoms with Gasteiger partial charge in [-0.25, -0.2) is 0 Å². The van der Waals surface area contributed by atoms with Gasteiger partial charge in [0.15, 0.2) is 0 Å². The van der Waals surface area contributed by atoms with Gasteiger partial charge in [-0.05, 0) is 41.8 Å². The van der Waals surface area contributed by atoms with Crippen LogP contribution in [0, 0.1) is 0 Å². The SMILES string of the molecule is CN(C)C(C)(C)C(C)(C)Cl.Cl. The smallest absolute Gasteiger partial charge is 0.0568 e. The number of alkyl halides is 1. The Morgan fingerprint density at radius 3 is 1.27 bits per heavy atom. The molecule has 0 heterocycles. The van der Waals surface area contributed by atoms with Gasteiger partial charge >= 0.3 is 0 Å². The standard InChI is InChI=1S/C8H18ClN.ClH/c1-7(2,9)8(3,4)10(5)6;/h1-6H3;1H. The Labute approximate surface area is 81.5 Å². The zero-order valence-corrected chi connectivity index (χ0v) is 9.81. The van der Waals surface area contributed by atoms with Gasteiger partial charge in [0.2, 0.25) is 0 Å². The summed E-state index contributed by atoms with van der Waals surface area (Å²) in [6.07, 6.45) is 0. The topological polar surface area (TPSA) is 3.24 Å². The van der Waals surface area contributed by atoms with E-state index in [9.17, 15) is 0 Å². The monoisotopic (exact) mass is 199 g/mol. The molecule has 0 spiro atoms. The molecule has 0 radical (unpaired) electrons. The molecule has 0 aromatic heterocycles. The maximum Gasteiger partial charge on any atom is 0.0568 e. The number of hydrogen-bond donors (Lipinski definition) is 0. The van der Waals surface area contributed by atoms with Crippen molar-refractivity contribution >= 4 is 24.0 Å². The van der Waals surface area contributed by atoms with E-state index in [0.717, 1.165) is 0 Å². The van der Waals surface area contributed by atoms with Crippen LogP contribution < -0.4 is 0 Å². The minimum absolute atomic E-state index is 0. The predicted molar refractivity (Wildman–Crippen MR) is 54.9 cm³/mol. The van der Waals surface area contributed by atoms with Crippen LogP contribution in [-0.4, -0.2) is 29.4 Å². The van der Waals surface area contributed by atoms with Crippen LogP contribution in [0.5, 0.6) is 0 Å². The molecular weight excluding hydrogens is 181 g/mol. The largest absolute Gasteiger partial charge is 0.303 e. The van der Waals surface area contributed by atoms with Crippen molar-refractivity contribution in [2.75, 3.05) is 14.1 Å². The fraction of sp³-hybridized carbons (Fsp3) is 1.00. The second-order valence-corrected chi connectivity index (χ2v) is 4.87. The zero-order valence-electron chi connectivity index (χ0n) is 8.23. The van der Waals surface area contributed by atoms with Crippen LogP contribution in [-0.2, 0) is 0 Å². The minimum Gasteiger partial charge on any atom is -0.303 e. The second-order valence-electron chi connectivity index (χ2n) is 3.93. The summed E-state index contributed by atoms with van der Waals surface area (Å²) in [6, 6.07) is 0. The van der Waals surface area contributed by atoms with Crippen molar-refractivity contribution in [1.29, 1.82) is 0 Å². The van der Waals surface area contributed by atoms with Gasteiger partial charge < -0.3 is 4.90 Å². The highest BCUT2D eigenvalue weighted by Crippen LogP contribution is 2.31. The third-order valence-electron chi connectivity index (χ3n) is 2.57. The third-order valence-corrected chi connectivity index (χ3v) is 3.04. The van der Waals surface area contributed by atoms with Crippen LogP contribution in [0.3, 0.4) is 0 Å². The normalized spacial score (nSPS) is 13.1. The predicted octanol–water partition coefficient (Wildman–Crippen LogP) is 2.77. The summed E-state index contributed by atoms with van der Waals surface area (Å²) in [6.45, 7) is 8.35. The van der Waals surface area contributed by atoms with Crippen LogP contribution in [0.2, 0.25) is 0 Å². The van der Waals surface area contributed by atoms with Crippen LogP contribution in [0.15, 0.2) is 0 Å². The van der Waals surface area contributed by atoms with E-state index in [0.29, 0.717) is 0 Å². The Kier molecular flexibility index (Phi) is 5.09. The average molecular weight is 200 g/mol. The highest BCUT2D eigenvalue weighted by Gasteiger charge is 2.36. The number of rotatable bonds is 2. The Morgan fingerprint density at radius 1 is 1.00 bits per heavy atom. The maximum absolute atomic E-state index is 6.18. The molecular formula is C8H19Cl2N. The van der Waals surface area contributed by atoms with Crippen molar-refractivity contribution in [3.63, 3.8) is 0 Å². The molecule has 0 N–H and O–H groups in total. The first-order chi connectivity index (χ1) is 4.19. The highest BCUT2D eigenvalue weighted by atomic mass is 35.5. The highest BCUT2D eigenvalue weighted by molar-refractivity contribution is 6.24. The summed E-state index contributed by atoms with van der Waals surface area (Å²) in [5.41, 5.74) is 0.0363. The van der Waals surface area contributed by atoms with Crippen LogP contribution >= 0.6 is 24.0 Å². The van der Waals surface area contributed by atoms with E-state index in [1.54, 1.807) is 0 Å². The molecule has 0 atom stereocenters. The van der Waals surface area contributed by atoms with Gasteiger partial charge in [-0.1, -0.05) is 0 Å². The van der Waals surface area contributed by atoms with E-state index in [4.69, 9.17) is 11.6 Å². The lowest BCUT2D eigenvalue weighted by Gasteiger charge is -2.42. The van der Waals surface area contributed by atoms with Gasteiger partial charge in [-0.3, -0.25) is 0 Å². The Morgan fingerprint density at radius 2 is 1.27 bits per heavy atom. The lowest BCUT2D eigenvalue weighted by atomic mass is 9.89. The van der Waals surface area contributed by atoms with Crippen molar-refractivity contribution in [2.45, 2.75) is 38.1 Å². The first-order valence-corrected chi connectivity index (χ1v) is 3.93. The molecule has 0 aliphatic heterocycles. The van der Waals surface area contributed by atoms with Gasteiger partial charge in [0, 0.05) is 5.54 Å². The van der Waals surface area contributed by atoms with Gasteiger partial charge in [0.1, 0.15) is 0 Å². The van der Waals surface area contributed by atoms with Crippen molar-refractivity contribution in [3.05, 3.63) is 0 Å². The van der Waals surface area contributed by atoms with Crippen LogP contribution in [0.25, 0.3) is 0 Å². The van der Waals surface area contributed by atoms with Crippen molar-refractivity contribution in [2.24, 2.45) is 0 Å². The molecule has 70 valence electrons. The van der Waals surface area contributed by atoms with Crippen molar-refractivity contribution < 1.29 is 0 Å². The van der Waals surface area contributed by atoms with E-state index < -0.39 is 0 Å². The number of halogens is 2. The molecule has 0 saturated heterocycles. The Hall–Kier alpha value is 0.540. The molecule has 0 bridgehead atoms. The van der Waals surface area contributed by atoms with Gasteiger partial charge in [-0.15, -0.1) is 24.0 Å². The second kappa shape index (κ2) is 3.97. The molecule has 0 unspecified atom stereocenters. The van der Waals surface area contributed by atoms with Gasteiger partial charge in [-0.2, -0.15) is 0 Å². The lowest BCUT2D eigenvalue weighted by molar-refractivity contribution is 0.152. The average Bonchev–Trinajstić information content (AvgIpc) is 1.62. The van der Waals surface area contributed by atoms with E-state index in [1.165, 1.54) is 0 Å². The van der Waals surface area contributed by atoms with E-state index in [2.05, 4.69) is 18.7 Å². The molecule has 3 heteroatoms. The Balaban J connectivity index is 0. The molecule has 0 aliphatic carbocycles. The third kappa shape index (κ3) is 3.18. The van der Waals surface area contributed by atoms with Crippen LogP contribution in [0.4, 0.5) is 0 Å². The van der Waals surface area contributed by atoms with E-state index in [-0.39, 0.29) is 22.8 Å². The number of hydrogen-bond acceptors (Lipinski definition) is 1. The zero-order chi connectivity index (χ0) is 8.58. The molecule has 0 amide bonds. The lowest BCUT2D eigenvalue weighted by Crippen LogP contribution is -2.51. The fourth-order valence-corrected chi connectivity index (χ4v) is 0.701. The van der Waals surface area contributed by atoms with E-state index in [1.807, 2.05) is 27.9 Å². The summed E-state index contributed by atoms with van der Waals surface area (Å²) >= 11 is 6.18. The van der Waals surface area contributed by atoms with E-state index >= 15 is 0 Å². The minimum atomic E-state index is -0.184. The summed E-state index contributed by atoms with van der Waals surface area (Å²) in [4.78, 5) is 1.95. The molecule has 0 saturated carbocycles. The summed E-state index contributed by atoms with van der Waals surface area (Å²) in [7, 11) is 4.09. The first kappa shape index (κ1) is 14.1. The molecule has 0 aromatic carbocycles. The van der Waals surface area contributed by atoms with Gasteiger partial charge in [0.25, 0.3) is 0 Å². The Bertz CT molecular complexity index is 114. The molecule has 0 aliphatic rings. The molecule has 1 nitrogen and oxygen atoms in total. The molecule has 0 aromatic rings. The molecule has 0 rings (SSSR count). The fourth-order valence-electron chi connectivity index (χ4n) is 0.532. The summed E-state index contributed by atoms with van der Waals surface area (Å²) < 4.78 is 0. The van der Waals surface area contributed by atoms with Crippen molar-refractivity contribution in [3.8, 4) is 0 Å². The van der Waals surface area contributed by atoms with Crippen molar-refractivity contribution in [1.82, 2.24) is 4.90 Å². The number of nitrogens with zero attached hydrogens (tertiary/aromatic N) is 1. The summed E-state index contributed by atoms with van der Waals surface area (Å²) in [5, 5.41) is 0. The molecule has 0 fully saturated rings. The first-order valence-electron chi connectivity index (χ1n) is 3.56. The molecule has 11 heavy (non-hydrogen) atoms. The van der Waals surface area contributed by atoms with Gasteiger partial charge in [0.05, 0.1) is 4.87 Å². The maximum atomic E-state index is 6.18. The quantitative estimate of drug-likeness (QED) is 0.619. The van der Waals surface area contributed by atoms with Crippen LogP contribution in [0.1, 0.15) is 27.7 Å².